The molecule has 242 valence electrons. The molecule has 0 spiro atoms. The molecule has 1 unspecified atom stereocenters. The van der Waals surface area contributed by atoms with Crippen LogP contribution in [0.3, 0.4) is 0 Å². The van der Waals surface area contributed by atoms with Crippen LogP contribution < -0.4 is 4.74 Å². The Morgan fingerprint density at radius 2 is 1.12 bits per heavy atom. The maximum atomic E-state index is 12.7. The number of benzene rings is 2. The predicted octanol–water partition coefficient (Wildman–Crippen LogP) is 11.2. The van der Waals surface area contributed by atoms with Crippen LogP contribution in [0.15, 0.2) is 53.4 Å². The largest absolute Gasteiger partial charge is 0.493 e. The number of rotatable bonds is 26. The summed E-state index contributed by atoms with van der Waals surface area (Å²) in [5.74, 6) is 0.870. The van der Waals surface area contributed by atoms with E-state index in [2.05, 4.69) is 13.8 Å². The SMILES string of the molecule is CCCCCCCCCCCCCCCCCCOc1ccccc1C=Cc1ccc(S(=O)(=O)C(O)CCCCC)cc1. The van der Waals surface area contributed by atoms with Crippen molar-refractivity contribution < 1.29 is 18.3 Å². The Kier molecular flexibility index (Phi) is 20.1. The van der Waals surface area contributed by atoms with Gasteiger partial charge in [-0.2, -0.15) is 0 Å². The van der Waals surface area contributed by atoms with Gasteiger partial charge in [0.1, 0.15) is 5.75 Å². The number of unbranched alkanes of at least 4 members (excludes halogenated alkanes) is 17. The Balaban J connectivity index is 1.62. The van der Waals surface area contributed by atoms with Crippen LogP contribution >= 0.6 is 0 Å². The highest BCUT2D eigenvalue weighted by Gasteiger charge is 2.24. The molecular weight excluding hydrogens is 552 g/mol. The fraction of sp³-hybridized carbons (Fsp3) is 0.632. The van der Waals surface area contributed by atoms with Crippen molar-refractivity contribution >= 4 is 22.0 Å². The van der Waals surface area contributed by atoms with Crippen molar-refractivity contribution in [1.29, 1.82) is 0 Å². The first-order valence-electron chi connectivity index (χ1n) is 17.4. The van der Waals surface area contributed by atoms with Gasteiger partial charge >= 0.3 is 0 Å². The maximum Gasteiger partial charge on any atom is 0.204 e. The van der Waals surface area contributed by atoms with Crippen molar-refractivity contribution in [2.75, 3.05) is 6.61 Å². The van der Waals surface area contributed by atoms with E-state index in [0.717, 1.165) is 42.7 Å². The van der Waals surface area contributed by atoms with Gasteiger partial charge in [0.2, 0.25) is 9.84 Å². The smallest absolute Gasteiger partial charge is 0.204 e. The molecular formula is C38H60O4S. The molecule has 0 bridgehead atoms. The second-order valence-corrected chi connectivity index (χ2v) is 14.2. The van der Waals surface area contributed by atoms with Crippen molar-refractivity contribution in [3.8, 4) is 5.75 Å². The standard InChI is InChI=1S/C38H60O4S/c1-3-5-7-8-9-10-11-12-13-14-15-16-17-18-19-23-33-42-37-25-22-21-24-35(37)30-27-34-28-31-36(32-29-34)43(40,41)38(39)26-20-6-4-2/h21-22,24-25,27-32,38-39H,3-20,23,26,33H2,1-2H3. The van der Waals surface area contributed by atoms with Gasteiger partial charge in [-0.25, -0.2) is 8.42 Å². The average molecular weight is 613 g/mol. The number of aliphatic hydroxyl groups is 1. The minimum Gasteiger partial charge on any atom is -0.493 e. The normalized spacial score (nSPS) is 12.6. The zero-order valence-corrected chi connectivity index (χ0v) is 28.1. The summed E-state index contributed by atoms with van der Waals surface area (Å²) in [6, 6.07) is 14.7. The zero-order chi connectivity index (χ0) is 31.0. The molecule has 0 amide bonds. The van der Waals surface area contributed by atoms with Crippen molar-refractivity contribution in [1.82, 2.24) is 0 Å². The first-order valence-corrected chi connectivity index (χ1v) is 19.0. The maximum absolute atomic E-state index is 12.7. The van der Waals surface area contributed by atoms with Crippen molar-refractivity contribution in [2.45, 2.75) is 153 Å². The van der Waals surface area contributed by atoms with Gasteiger partial charge in [-0.05, 0) is 43.0 Å². The lowest BCUT2D eigenvalue weighted by atomic mass is 10.0. The van der Waals surface area contributed by atoms with E-state index in [4.69, 9.17) is 4.74 Å². The van der Waals surface area contributed by atoms with Crippen LogP contribution in [0, 0.1) is 0 Å². The Morgan fingerprint density at radius 3 is 1.67 bits per heavy atom. The highest BCUT2D eigenvalue weighted by atomic mass is 32.2. The number of hydrogen-bond acceptors (Lipinski definition) is 4. The lowest BCUT2D eigenvalue weighted by Gasteiger charge is -2.12. The molecule has 2 rings (SSSR count). The monoisotopic (exact) mass is 612 g/mol. The van der Waals surface area contributed by atoms with E-state index < -0.39 is 15.3 Å². The number of ether oxygens (including phenoxy) is 1. The molecule has 0 heterocycles. The Labute approximate surface area is 264 Å². The van der Waals surface area contributed by atoms with E-state index in [1.807, 2.05) is 36.4 Å². The molecule has 43 heavy (non-hydrogen) atoms. The van der Waals surface area contributed by atoms with Gasteiger partial charge in [0.15, 0.2) is 5.44 Å². The Morgan fingerprint density at radius 1 is 0.628 bits per heavy atom. The molecule has 2 aromatic rings. The third-order valence-corrected chi connectivity index (χ3v) is 10.1. The van der Waals surface area contributed by atoms with Gasteiger partial charge in [-0.15, -0.1) is 0 Å². The van der Waals surface area contributed by atoms with Crippen LogP contribution in [0.4, 0.5) is 0 Å². The molecule has 0 saturated carbocycles. The van der Waals surface area contributed by atoms with E-state index in [0.29, 0.717) is 6.42 Å². The van der Waals surface area contributed by atoms with Crippen LogP contribution in [-0.2, 0) is 9.84 Å². The summed E-state index contributed by atoms with van der Waals surface area (Å²) in [7, 11) is -3.73. The molecule has 0 aliphatic heterocycles. The molecule has 0 fully saturated rings. The van der Waals surface area contributed by atoms with Gasteiger partial charge in [0, 0.05) is 5.56 Å². The summed E-state index contributed by atoms with van der Waals surface area (Å²) in [5.41, 5.74) is 0.549. The number of sulfone groups is 1. The van der Waals surface area contributed by atoms with Crippen LogP contribution in [-0.4, -0.2) is 25.6 Å². The molecule has 0 radical (unpaired) electrons. The topological polar surface area (TPSA) is 63.6 Å². The average Bonchev–Trinajstić information content (AvgIpc) is 3.02. The van der Waals surface area contributed by atoms with Crippen LogP contribution in [0.25, 0.3) is 12.2 Å². The quantitative estimate of drug-likeness (QED) is 0.0848. The predicted molar refractivity (Wildman–Crippen MR) is 184 cm³/mol. The molecule has 2 aromatic carbocycles. The van der Waals surface area contributed by atoms with Gasteiger partial charge in [0.25, 0.3) is 0 Å². The highest BCUT2D eigenvalue weighted by Crippen LogP contribution is 2.23. The van der Waals surface area contributed by atoms with Gasteiger partial charge in [-0.1, -0.05) is 165 Å². The van der Waals surface area contributed by atoms with Gasteiger partial charge in [-0.3, -0.25) is 0 Å². The van der Waals surface area contributed by atoms with Gasteiger partial charge in [0.05, 0.1) is 11.5 Å². The highest BCUT2D eigenvalue weighted by molar-refractivity contribution is 7.91. The van der Waals surface area contributed by atoms with Crippen LogP contribution in [0.2, 0.25) is 0 Å². The van der Waals surface area contributed by atoms with Crippen LogP contribution in [0.5, 0.6) is 5.75 Å². The fourth-order valence-electron chi connectivity index (χ4n) is 5.42. The van der Waals surface area contributed by atoms with Crippen molar-refractivity contribution in [2.24, 2.45) is 0 Å². The second-order valence-electron chi connectivity index (χ2n) is 12.1. The molecule has 5 heteroatoms. The summed E-state index contributed by atoms with van der Waals surface area (Å²) in [6.07, 6.45) is 28.6. The first-order chi connectivity index (χ1) is 21.0. The molecule has 1 atom stereocenters. The molecule has 0 aromatic heterocycles. The van der Waals surface area contributed by atoms with Crippen molar-refractivity contribution in [3.05, 3.63) is 59.7 Å². The Bertz CT molecular complexity index is 1090. The number of hydrogen-bond donors (Lipinski definition) is 1. The second kappa shape index (κ2) is 23.3. The minimum absolute atomic E-state index is 0.163. The summed E-state index contributed by atoms with van der Waals surface area (Å²) >= 11 is 0. The molecule has 0 aliphatic carbocycles. The van der Waals surface area contributed by atoms with Crippen LogP contribution in [0.1, 0.15) is 153 Å². The van der Waals surface area contributed by atoms with E-state index >= 15 is 0 Å². The molecule has 0 aliphatic rings. The molecule has 0 saturated heterocycles. The number of aliphatic hydroxyl groups excluding tert-OH is 1. The van der Waals surface area contributed by atoms with Gasteiger partial charge < -0.3 is 9.84 Å². The third kappa shape index (κ3) is 16.0. The lowest BCUT2D eigenvalue weighted by Crippen LogP contribution is -2.20. The summed E-state index contributed by atoms with van der Waals surface area (Å²) in [5, 5.41) is 10.2. The zero-order valence-electron chi connectivity index (χ0n) is 27.3. The van der Waals surface area contributed by atoms with Crippen molar-refractivity contribution in [3.63, 3.8) is 0 Å². The van der Waals surface area contributed by atoms with E-state index in [1.165, 1.54) is 96.3 Å². The molecule has 4 nitrogen and oxygen atoms in total. The third-order valence-electron chi connectivity index (χ3n) is 8.25. The summed E-state index contributed by atoms with van der Waals surface area (Å²) in [4.78, 5) is 0.163. The van der Waals surface area contributed by atoms with E-state index in [1.54, 1.807) is 24.3 Å². The summed E-state index contributed by atoms with van der Waals surface area (Å²) in [6.45, 7) is 5.06. The first kappa shape index (κ1) is 37.1. The Hall–Kier alpha value is -2.11. The summed E-state index contributed by atoms with van der Waals surface area (Å²) < 4.78 is 31.5. The van der Waals surface area contributed by atoms with E-state index in [-0.39, 0.29) is 11.3 Å². The fourth-order valence-corrected chi connectivity index (χ4v) is 6.72. The number of para-hydroxylation sites is 1. The lowest BCUT2D eigenvalue weighted by molar-refractivity contribution is 0.234. The molecule has 1 N–H and O–H groups in total. The van der Waals surface area contributed by atoms with E-state index in [9.17, 15) is 13.5 Å². The minimum atomic E-state index is -3.73.